The normalized spacial score (nSPS) is 12.8. The molecule has 5 N–H and O–H groups in total. The van der Waals surface area contributed by atoms with Crippen molar-refractivity contribution in [3.8, 4) is 0 Å². The number of nitrogens with two attached hydrogens (primary N) is 1. The molecule has 0 radical (unpaired) electrons. The van der Waals surface area contributed by atoms with E-state index in [9.17, 15) is 9.59 Å². The number of hydrogen-bond donors (Lipinski definition) is 4. The molecular formula is C24H21ClN4O2. The number of aromatic amines is 1. The first-order valence-electron chi connectivity index (χ1n) is 9.76. The summed E-state index contributed by atoms with van der Waals surface area (Å²) in [4.78, 5) is 29.3. The highest BCUT2D eigenvalue weighted by atomic mass is 35.5. The van der Waals surface area contributed by atoms with Crippen LogP contribution in [0.3, 0.4) is 0 Å². The summed E-state index contributed by atoms with van der Waals surface area (Å²) in [6.07, 6.45) is 1.01. The molecule has 0 aliphatic heterocycles. The van der Waals surface area contributed by atoms with E-state index in [1.165, 1.54) is 0 Å². The number of carbonyl (C=O) groups is 2. The van der Waals surface area contributed by atoms with Crippen LogP contribution < -0.4 is 16.4 Å². The first-order chi connectivity index (χ1) is 15.0. The average molecular weight is 433 g/mol. The average Bonchev–Trinajstić information content (AvgIpc) is 3.21. The summed E-state index contributed by atoms with van der Waals surface area (Å²) in [5.74, 6) is -0.835. The lowest BCUT2D eigenvalue weighted by molar-refractivity contribution is -0.123. The Hall–Kier alpha value is -3.61. The lowest BCUT2D eigenvalue weighted by atomic mass is 10.0. The van der Waals surface area contributed by atoms with Crippen molar-refractivity contribution in [2.75, 3.05) is 0 Å². The topological polar surface area (TPSA) is 100 Å². The number of halogens is 1. The van der Waals surface area contributed by atoms with Gasteiger partial charge in [0, 0.05) is 33.2 Å². The maximum Gasteiger partial charge on any atom is 0.252 e. The second-order valence-electron chi connectivity index (χ2n) is 7.10. The van der Waals surface area contributed by atoms with Gasteiger partial charge in [0.1, 0.15) is 12.2 Å². The van der Waals surface area contributed by atoms with Gasteiger partial charge in [0.05, 0.1) is 0 Å². The van der Waals surface area contributed by atoms with Crippen LogP contribution in [0, 0.1) is 0 Å². The van der Waals surface area contributed by atoms with Crippen LogP contribution in [-0.4, -0.2) is 16.8 Å². The van der Waals surface area contributed by atoms with E-state index in [1.54, 1.807) is 30.5 Å². The van der Waals surface area contributed by atoms with Crippen molar-refractivity contribution in [3.05, 3.63) is 107 Å². The highest BCUT2D eigenvalue weighted by molar-refractivity contribution is 6.31. The predicted octanol–water partition coefficient (Wildman–Crippen LogP) is 4.07. The van der Waals surface area contributed by atoms with Gasteiger partial charge in [-0.05, 0) is 29.8 Å². The maximum absolute atomic E-state index is 13.3. The van der Waals surface area contributed by atoms with Crippen molar-refractivity contribution >= 4 is 34.3 Å². The third-order valence-corrected chi connectivity index (χ3v) is 5.25. The molecule has 0 saturated carbocycles. The molecule has 31 heavy (non-hydrogen) atoms. The standard InChI is InChI=1S/C24H21ClN4O2/c25-17-10-6-9-16(13-17)23(30)28-21(19-14-27-20-12-5-4-11-18(19)20)24(31)29-22(26)15-7-2-1-3-8-15/h1-14,21-22,27H,26H2,(H,28,30)(H,29,31). The van der Waals surface area contributed by atoms with Crippen molar-refractivity contribution in [3.63, 3.8) is 0 Å². The highest BCUT2D eigenvalue weighted by Gasteiger charge is 2.27. The number of benzene rings is 3. The molecule has 2 atom stereocenters. The van der Waals surface area contributed by atoms with Gasteiger partial charge in [-0.15, -0.1) is 0 Å². The molecule has 1 heterocycles. The van der Waals surface area contributed by atoms with Crippen molar-refractivity contribution in [1.29, 1.82) is 0 Å². The van der Waals surface area contributed by atoms with Gasteiger partial charge in [-0.1, -0.05) is 66.2 Å². The zero-order valence-electron chi connectivity index (χ0n) is 16.5. The summed E-state index contributed by atoms with van der Waals surface area (Å²) in [5.41, 5.74) is 8.81. The molecule has 0 aliphatic rings. The van der Waals surface area contributed by atoms with Crippen molar-refractivity contribution in [2.45, 2.75) is 12.2 Å². The number of nitrogens with one attached hydrogen (secondary N) is 3. The van der Waals surface area contributed by atoms with Gasteiger partial charge in [-0.25, -0.2) is 0 Å². The SMILES string of the molecule is NC(NC(=O)C(NC(=O)c1cccc(Cl)c1)c1c[nH]c2ccccc12)c1ccccc1. The molecule has 0 saturated heterocycles. The molecule has 6 nitrogen and oxygen atoms in total. The van der Waals surface area contributed by atoms with E-state index < -0.39 is 24.0 Å². The quantitative estimate of drug-likeness (QED) is 0.345. The summed E-state index contributed by atoms with van der Waals surface area (Å²) < 4.78 is 0. The molecule has 3 aromatic carbocycles. The summed E-state index contributed by atoms with van der Waals surface area (Å²) in [5, 5.41) is 6.90. The van der Waals surface area contributed by atoms with E-state index in [0.717, 1.165) is 16.5 Å². The van der Waals surface area contributed by atoms with Crippen molar-refractivity contribution < 1.29 is 9.59 Å². The second kappa shape index (κ2) is 9.04. The van der Waals surface area contributed by atoms with Gasteiger partial charge in [-0.3, -0.25) is 9.59 Å². The Kier molecular flexibility index (Phi) is 6.02. The van der Waals surface area contributed by atoms with Crippen LogP contribution in [0.15, 0.2) is 85.1 Å². The number of aromatic nitrogens is 1. The zero-order chi connectivity index (χ0) is 21.8. The first kappa shape index (κ1) is 20.7. The molecule has 0 spiro atoms. The van der Waals surface area contributed by atoms with Crippen LogP contribution in [0.2, 0.25) is 5.02 Å². The van der Waals surface area contributed by atoms with E-state index in [1.807, 2.05) is 54.6 Å². The molecule has 4 aromatic rings. The minimum absolute atomic E-state index is 0.359. The molecule has 2 amide bonds. The van der Waals surface area contributed by atoms with Crippen molar-refractivity contribution in [2.24, 2.45) is 5.73 Å². The zero-order valence-corrected chi connectivity index (χ0v) is 17.3. The van der Waals surface area contributed by atoms with Crippen LogP contribution >= 0.6 is 11.6 Å². The maximum atomic E-state index is 13.3. The fraction of sp³-hybridized carbons (Fsp3) is 0.0833. The monoisotopic (exact) mass is 432 g/mol. The Morgan fingerprint density at radius 3 is 2.42 bits per heavy atom. The molecular weight excluding hydrogens is 412 g/mol. The Labute approximate surface area is 184 Å². The Morgan fingerprint density at radius 1 is 0.903 bits per heavy atom. The van der Waals surface area contributed by atoms with Crippen LogP contribution in [-0.2, 0) is 4.79 Å². The lowest BCUT2D eigenvalue weighted by Crippen LogP contribution is -2.43. The largest absolute Gasteiger partial charge is 0.361 e. The van der Waals surface area contributed by atoms with Gasteiger partial charge >= 0.3 is 0 Å². The first-order valence-corrected chi connectivity index (χ1v) is 10.1. The van der Waals surface area contributed by atoms with Gasteiger partial charge in [-0.2, -0.15) is 0 Å². The predicted molar refractivity (Wildman–Crippen MR) is 121 cm³/mol. The lowest BCUT2D eigenvalue weighted by Gasteiger charge is -2.21. The van der Waals surface area contributed by atoms with Crippen LogP contribution in [0.25, 0.3) is 10.9 Å². The third kappa shape index (κ3) is 4.60. The fourth-order valence-electron chi connectivity index (χ4n) is 3.44. The molecule has 0 fully saturated rings. The molecule has 4 rings (SSSR count). The minimum Gasteiger partial charge on any atom is -0.361 e. The summed E-state index contributed by atoms with van der Waals surface area (Å²) >= 11 is 6.02. The van der Waals surface area contributed by atoms with Gasteiger partial charge in [0.25, 0.3) is 5.91 Å². The molecule has 0 bridgehead atoms. The summed E-state index contributed by atoms with van der Waals surface area (Å²) in [6, 6.07) is 22.4. The molecule has 1 aromatic heterocycles. The molecule has 0 aliphatic carbocycles. The highest BCUT2D eigenvalue weighted by Crippen LogP contribution is 2.25. The van der Waals surface area contributed by atoms with Gasteiger partial charge < -0.3 is 21.4 Å². The van der Waals surface area contributed by atoms with Crippen LogP contribution in [0.1, 0.15) is 33.7 Å². The van der Waals surface area contributed by atoms with Gasteiger partial charge in [0.2, 0.25) is 5.91 Å². The van der Waals surface area contributed by atoms with E-state index >= 15 is 0 Å². The number of para-hydroxylation sites is 1. The molecule has 2 unspecified atom stereocenters. The van der Waals surface area contributed by atoms with Crippen molar-refractivity contribution in [1.82, 2.24) is 15.6 Å². The summed E-state index contributed by atoms with van der Waals surface area (Å²) in [6.45, 7) is 0. The van der Waals surface area contributed by atoms with E-state index in [0.29, 0.717) is 16.1 Å². The summed E-state index contributed by atoms with van der Waals surface area (Å²) in [7, 11) is 0. The van der Waals surface area contributed by atoms with Crippen LogP contribution in [0.5, 0.6) is 0 Å². The van der Waals surface area contributed by atoms with Crippen LogP contribution in [0.4, 0.5) is 0 Å². The Balaban J connectivity index is 1.65. The number of hydrogen-bond acceptors (Lipinski definition) is 3. The number of rotatable bonds is 6. The fourth-order valence-corrected chi connectivity index (χ4v) is 3.63. The van der Waals surface area contributed by atoms with E-state index in [2.05, 4.69) is 15.6 Å². The van der Waals surface area contributed by atoms with E-state index in [4.69, 9.17) is 17.3 Å². The molecule has 156 valence electrons. The number of fused-ring (bicyclic) bond motifs is 1. The second-order valence-corrected chi connectivity index (χ2v) is 7.54. The van der Waals surface area contributed by atoms with Gasteiger partial charge in [0.15, 0.2) is 0 Å². The Bertz CT molecular complexity index is 1220. The van der Waals surface area contributed by atoms with E-state index in [-0.39, 0.29) is 0 Å². The number of amides is 2. The smallest absolute Gasteiger partial charge is 0.252 e. The number of H-pyrrole nitrogens is 1. The third-order valence-electron chi connectivity index (χ3n) is 5.01. The minimum atomic E-state index is -0.961. The Morgan fingerprint density at radius 2 is 1.65 bits per heavy atom. The molecule has 7 heteroatoms. The number of carbonyl (C=O) groups excluding carboxylic acids is 2.